The van der Waals surface area contributed by atoms with Crippen LogP contribution in [0.25, 0.3) is 0 Å². The zero-order valence-corrected chi connectivity index (χ0v) is 12.0. The number of rotatable bonds is 6. The zero-order chi connectivity index (χ0) is 14.5. The number of nitrogens with zero attached hydrogens (tertiary/aromatic N) is 1. The molecule has 0 aromatic carbocycles. The first-order valence-electron chi connectivity index (χ1n) is 6.77. The van der Waals surface area contributed by atoms with Crippen LogP contribution in [0.5, 0.6) is 0 Å². The molecule has 1 rings (SSSR count). The maximum absolute atomic E-state index is 11.9. The van der Waals surface area contributed by atoms with Crippen LogP contribution in [0.1, 0.15) is 27.2 Å². The van der Waals surface area contributed by atoms with Gasteiger partial charge in [0.2, 0.25) is 0 Å². The molecule has 1 aliphatic rings. The Labute approximate surface area is 113 Å². The van der Waals surface area contributed by atoms with Gasteiger partial charge in [-0.25, -0.2) is 0 Å². The van der Waals surface area contributed by atoms with E-state index < -0.39 is 12.8 Å². The molecule has 0 aliphatic carbocycles. The van der Waals surface area contributed by atoms with E-state index in [1.54, 1.807) is 0 Å². The summed E-state index contributed by atoms with van der Waals surface area (Å²) in [4.78, 5) is 2.17. The van der Waals surface area contributed by atoms with Gasteiger partial charge in [-0.05, 0) is 46.2 Å². The van der Waals surface area contributed by atoms with Crippen LogP contribution in [-0.4, -0.2) is 56.0 Å². The van der Waals surface area contributed by atoms with Crippen molar-refractivity contribution in [2.45, 2.75) is 38.9 Å². The van der Waals surface area contributed by atoms with Gasteiger partial charge in [-0.2, -0.15) is 13.2 Å². The molecule has 0 radical (unpaired) electrons. The van der Waals surface area contributed by atoms with Crippen molar-refractivity contribution in [3.63, 3.8) is 0 Å². The van der Waals surface area contributed by atoms with Crippen molar-refractivity contribution in [1.82, 2.24) is 10.2 Å². The van der Waals surface area contributed by atoms with E-state index in [-0.39, 0.29) is 12.1 Å². The van der Waals surface area contributed by atoms with Gasteiger partial charge < -0.3 is 15.0 Å². The predicted octanol–water partition coefficient (Wildman–Crippen LogP) is 2.28. The molecule has 1 aliphatic heterocycles. The SMILES string of the molecule is CC(C)(C)NCC1CCN(CCOCC(F)(F)F)C1. The van der Waals surface area contributed by atoms with E-state index in [0.29, 0.717) is 12.5 Å². The van der Waals surface area contributed by atoms with E-state index >= 15 is 0 Å². The van der Waals surface area contributed by atoms with Gasteiger partial charge in [0, 0.05) is 18.6 Å². The fraction of sp³-hybridized carbons (Fsp3) is 1.00. The first kappa shape index (κ1) is 16.7. The lowest BCUT2D eigenvalue weighted by molar-refractivity contribution is -0.174. The summed E-state index contributed by atoms with van der Waals surface area (Å²) in [5.41, 5.74) is 0.114. The maximum atomic E-state index is 11.9. The molecule has 1 saturated heterocycles. The Morgan fingerprint density at radius 1 is 1.26 bits per heavy atom. The third-order valence-electron chi connectivity index (χ3n) is 3.11. The van der Waals surface area contributed by atoms with Crippen molar-refractivity contribution in [2.24, 2.45) is 5.92 Å². The van der Waals surface area contributed by atoms with Crippen molar-refractivity contribution in [3.05, 3.63) is 0 Å². The molecule has 1 heterocycles. The summed E-state index contributed by atoms with van der Waals surface area (Å²) in [6, 6.07) is 0. The summed E-state index contributed by atoms with van der Waals surface area (Å²) in [5.74, 6) is 0.585. The van der Waals surface area contributed by atoms with Gasteiger partial charge in [-0.1, -0.05) is 0 Å². The quantitative estimate of drug-likeness (QED) is 0.756. The van der Waals surface area contributed by atoms with Crippen molar-refractivity contribution in [2.75, 3.05) is 39.4 Å². The van der Waals surface area contributed by atoms with Gasteiger partial charge in [0.05, 0.1) is 6.61 Å². The second-order valence-corrected chi connectivity index (χ2v) is 6.25. The van der Waals surface area contributed by atoms with Crippen LogP contribution < -0.4 is 5.32 Å². The summed E-state index contributed by atoms with van der Waals surface area (Å²) in [7, 11) is 0. The molecular formula is C13H25F3N2O. The van der Waals surface area contributed by atoms with E-state index in [1.807, 2.05) is 0 Å². The van der Waals surface area contributed by atoms with Crippen molar-refractivity contribution >= 4 is 0 Å². The fourth-order valence-corrected chi connectivity index (χ4v) is 2.11. The molecule has 1 N–H and O–H groups in total. The van der Waals surface area contributed by atoms with E-state index in [0.717, 1.165) is 26.1 Å². The lowest BCUT2D eigenvalue weighted by Crippen LogP contribution is -2.39. The van der Waals surface area contributed by atoms with E-state index in [9.17, 15) is 13.2 Å². The highest BCUT2D eigenvalue weighted by Gasteiger charge is 2.28. The summed E-state index contributed by atoms with van der Waals surface area (Å²) >= 11 is 0. The summed E-state index contributed by atoms with van der Waals surface area (Å²) < 4.78 is 40.3. The first-order valence-corrected chi connectivity index (χ1v) is 6.77. The summed E-state index contributed by atoms with van der Waals surface area (Å²) in [6.07, 6.45) is -3.12. The molecule has 0 spiro atoms. The monoisotopic (exact) mass is 282 g/mol. The topological polar surface area (TPSA) is 24.5 Å². The van der Waals surface area contributed by atoms with Crippen molar-refractivity contribution in [1.29, 1.82) is 0 Å². The number of halogens is 3. The van der Waals surface area contributed by atoms with E-state index in [4.69, 9.17) is 0 Å². The van der Waals surface area contributed by atoms with Gasteiger partial charge >= 0.3 is 6.18 Å². The van der Waals surface area contributed by atoms with Crippen molar-refractivity contribution in [3.8, 4) is 0 Å². The van der Waals surface area contributed by atoms with Gasteiger partial charge in [-0.3, -0.25) is 0 Å². The predicted molar refractivity (Wildman–Crippen MR) is 69.2 cm³/mol. The zero-order valence-electron chi connectivity index (χ0n) is 12.0. The lowest BCUT2D eigenvalue weighted by atomic mass is 10.1. The Kier molecular flexibility index (Phi) is 6.08. The Morgan fingerprint density at radius 2 is 1.95 bits per heavy atom. The van der Waals surface area contributed by atoms with Gasteiger partial charge in [-0.15, -0.1) is 0 Å². The second kappa shape index (κ2) is 6.90. The molecule has 0 amide bonds. The standard InChI is InChI=1S/C13H25F3N2O/c1-12(2,3)17-8-11-4-5-18(9-11)6-7-19-10-13(14,15)16/h11,17H,4-10H2,1-3H3. The Balaban J connectivity index is 2.08. The van der Waals surface area contributed by atoms with Crippen LogP contribution >= 0.6 is 0 Å². The molecule has 19 heavy (non-hydrogen) atoms. The molecule has 0 aromatic heterocycles. The highest BCUT2D eigenvalue weighted by molar-refractivity contribution is 4.80. The Hall–Kier alpha value is -0.330. The number of likely N-dealkylation sites (tertiary alicyclic amines) is 1. The van der Waals surface area contributed by atoms with Crippen LogP contribution in [-0.2, 0) is 4.74 Å². The molecule has 0 bridgehead atoms. The normalized spacial score (nSPS) is 22.1. The molecule has 1 unspecified atom stereocenters. The largest absolute Gasteiger partial charge is 0.411 e. The fourth-order valence-electron chi connectivity index (χ4n) is 2.11. The van der Waals surface area contributed by atoms with Crippen LogP contribution in [0.4, 0.5) is 13.2 Å². The maximum Gasteiger partial charge on any atom is 0.411 e. The third kappa shape index (κ3) is 8.44. The Morgan fingerprint density at radius 3 is 2.53 bits per heavy atom. The number of hydrogen-bond donors (Lipinski definition) is 1. The third-order valence-corrected chi connectivity index (χ3v) is 3.11. The van der Waals surface area contributed by atoms with Crippen LogP contribution in [0.3, 0.4) is 0 Å². The first-order chi connectivity index (χ1) is 8.66. The van der Waals surface area contributed by atoms with Gasteiger partial charge in [0.1, 0.15) is 6.61 Å². The summed E-state index contributed by atoms with van der Waals surface area (Å²) in [6.45, 7) is 8.84. The van der Waals surface area contributed by atoms with Crippen LogP contribution in [0, 0.1) is 5.92 Å². The van der Waals surface area contributed by atoms with Gasteiger partial charge in [0.25, 0.3) is 0 Å². The molecule has 6 heteroatoms. The number of hydrogen-bond acceptors (Lipinski definition) is 3. The van der Waals surface area contributed by atoms with E-state index in [2.05, 4.69) is 35.7 Å². The molecule has 3 nitrogen and oxygen atoms in total. The number of nitrogens with one attached hydrogen (secondary N) is 1. The highest BCUT2D eigenvalue weighted by atomic mass is 19.4. The second-order valence-electron chi connectivity index (χ2n) is 6.25. The molecular weight excluding hydrogens is 257 g/mol. The average molecular weight is 282 g/mol. The molecule has 114 valence electrons. The smallest absolute Gasteiger partial charge is 0.371 e. The average Bonchev–Trinajstić information content (AvgIpc) is 2.67. The number of ether oxygens (including phenoxy) is 1. The van der Waals surface area contributed by atoms with E-state index in [1.165, 1.54) is 0 Å². The number of alkyl halides is 3. The minimum atomic E-state index is -4.22. The molecule has 0 saturated carbocycles. The molecule has 1 fully saturated rings. The lowest BCUT2D eigenvalue weighted by Gasteiger charge is -2.23. The van der Waals surface area contributed by atoms with Crippen molar-refractivity contribution < 1.29 is 17.9 Å². The highest BCUT2D eigenvalue weighted by Crippen LogP contribution is 2.17. The van der Waals surface area contributed by atoms with Gasteiger partial charge in [0.15, 0.2) is 0 Å². The minimum Gasteiger partial charge on any atom is -0.371 e. The summed E-state index contributed by atoms with van der Waals surface area (Å²) in [5, 5.41) is 3.46. The molecule has 0 aromatic rings. The van der Waals surface area contributed by atoms with Crippen LogP contribution in [0.15, 0.2) is 0 Å². The molecule has 1 atom stereocenters. The van der Waals surface area contributed by atoms with Crippen LogP contribution in [0.2, 0.25) is 0 Å². The minimum absolute atomic E-state index is 0.114. The Bertz CT molecular complexity index is 264.